The van der Waals surface area contributed by atoms with Gasteiger partial charge in [-0.1, -0.05) is 23.7 Å². The van der Waals surface area contributed by atoms with Crippen molar-refractivity contribution in [3.63, 3.8) is 0 Å². The third-order valence-corrected chi connectivity index (χ3v) is 3.88. The number of aliphatic carboxylic acids is 1. The highest BCUT2D eigenvalue weighted by Gasteiger charge is 2.28. The highest BCUT2D eigenvalue weighted by atomic mass is 35.5. The Morgan fingerprint density at radius 1 is 1.52 bits per heavy atom. The zero-order chi connectivity index (χ0) is 14.8. The molecule has 0 saturated carbocycles. The van der Waals surface area contributed by atoms with Crippen LogP contribution in [0.5, 0.6) is 0 Å². The Balaban J connectivity index is 1.67. The summed E-state index contributed by atoms with van der Waals surface area (Å²) in [5.41, 5.74) is 0.881. The first-order chi connectivity index (χ1) is 10.1. The van der Waals surface area contributed by atoms with Crippen LogP contribution in [0.3, 0.4) is 0 Å². The number of hydrogen-bond acceptors (Lipinski definition) is 4. The maximum Gasteiger partial charge on any atom is 0.307 e. The quantitative estimate of drug-likeness (QED) is 0.940. The molecule has 5 nitrogen and oxygen atoms in total. The Hall–Kier alpha value is -1.85. The summed E-state index contributed by atoms with van der Waals surface area (Å²) in [4.78, 5) is 17.2. The van der Waals surface area contributed by atoms with E-state index in [4.69, 9.17) is 21.1 Å². The molecule has 0 spiro atoms. The molecule has 1 aromatic carbocycles. The van der Waals surface area contributed by atoms with Gasteiger partial charge in [-0.05, 0) is 25.1 Å². The number of carboxylic acid groups (broad SMARTS) is 1. The van der Waals surface area contributed by atoms with Crippen LogP contribution in [0.2, 0.25) is 5.02 Å². The molecule has 2 aromatic rings. The number of benzene rings is 1. The Labute approximate surface area is 127 Å². The molecular formula is C15H15ClN2O3. The number of carbonyl (C=O) groups is 1. The van der Waals surface area contributed by atoms with E-state index >= 15 is 0 Å². The third-order valence-electron chi connectivity index (χ3n) is 3.64. The zero-order valence-corrected chi connectivity index (χ0v) is 12.1. The second-order valence-electron chi connectivity index (χ2n) is 5.19. The second-order valence-corrected chi connectivity index (χ2v) is 5.62. The molecule has 0 unspecified atom stereocenters. The average Bonchev–Trinajstić information content (AvgIpc) is 3.08. The van der Waals surface area contributed by atoms with Gasteiger partial charge in [-0.3, -0.25) is 9.69 Å². The minimum absolute atomic E-state index is 0.285. The first kappa shape index (κ1) is 14.1. The fourth-order valence-corrected chi connectivity index (χ4v) is 2.72. The number of likely N-dealkylation sites (tertiary alicyclic amines) is 1. The number of rotatable bonds is 4. The van der Waals surface area contributed by atoms with Crippen LogP contribution < -0.4 is 0 Å². The molecule has 0 amide bonds. The van der Waals surface area contributed by atoms with Crippen molar-refractivity contribution in [2.75, 3.05) is 13.1 Å². The van der Waals surface area contributed by atoms with E-state index in [9.17, 15) is 4.79 Å². The summed E-state index contributed by atoms with van der Waals surface area (Å²) in [5.74, 6) is 0.245. The summed E-state index contributed by atoms with van der Waals surface area (Å²) >= 11 is 5.96. The molecule has 1 fully saturated rings. The van der Waals surface area contributed by atoms with Crippen molar-refractivity contribution < 1.29 is 14.3 Å². The smallest absolute Gasteiger partial charge is 0.307 e. The topological polar surface area (TPSA) is 66.6 Å². The molecule has 1 saturated heterocycles. The van der Waals surface area contributed by atoms with Crippen molar-refractivity contribution >= 4 is 17.6 Å². The summed E-state index contributed by atoms with van der Waals surface area (Å²) in [6.07, 6.45) is 2.35. The van der Waals surface area contributed by atoms with Crippen LogP contribution >= 0.6 is 11.6 Å². The van der Waals surface area contributed by atoms with Crippen molar-refractivity contribution in [1.82, 2.24) is 9.88 Å². The van der Waals surface area contributed by atoms with Gasteiger partial charge in [-0.2, -0.15) is 0 Å². The standard InChI is InChI=1S/C15H15ClN2O3/c16-12-3-1-2-10(6-12)13-7-17-14(21-13)9-18-5-4-11(8-18)15(19)20/h1-3,6-7,11H,4-5,8-9H2,(H,19,20)/t11-/m0/s1. The molecular weight excluding hydrogens is 292 g/mol. The van der Waals surface area contributed by atoms with Gasteiger partial charge in [-0.25, -0.2) is 4.98 Å². The lowest BCUT2D eigenvalue weighted by Crippen LogP contribution is -2.22. The van der Waals surface area contributed by atoms with Crippen LogP contribution in [0.4, 0.5) is 0 Å². The molecule has 1 N–H and O–H groups in total. The Bertz CT molecular complexity index is 656. The molecule has 1 aromatic heterocycles. The lowest BCUT2D eigenvalue weighted by atomic mass is 10.1. The minimum Gasteiger partial charge on any atom is -0.481 e. The lowest BCUT2D eigenvalue weighted by Gasteiger charge is -2.11. The second kappa shape index (κ2) is 5.87. The van der Waals surface area contributed by atoms with Gasteiger partial charge in [0.15, 0.2) is 5.76 Å². The van der Waals surface area contributed by atoms with E-state index in [1.54, 1.807) is 12.3 Å². The van der Waals surface area contributed by atoms with Crippen LogP contribution in [0, 0.1) is 5.92 Å². The molecule has 3 rings (SSSR count). The molecule has 2 heterocycles. The maximum atomic E-state index is 10.9. The van der Waals surface area contributed by atoms with Crippen LogP contribution in [0.15, 0.2) is 34.9 Å². The predicted molar refractivity (Wildman–Crippen MR) is 78.0 cm³/mol. The number of oxazole rings is 1. The van der Waals surface area contributed by atoms with Crippen molar-refractivity contribution in [2.24, 2.45) is 5.92 Å². The first-order valence-corrected chi connectivity index (χ1v) is 7.15. The molecule has 0 aliphatic carbocycles. The molecule has 110 valence electrons. The normalized spacial score (nSPS) is 19.0. The molecule has 0 bridgehead atoms. The Morgan fingerprint density at radius 3 is 3.10 bits per heavy atom. The maximum absolute atomic E-state index is 10.9. The number of aromatic nitrogens is 1. The molecule has 1 aliphatic heterocycles. The van der Waals surface area contributed by atoms with Crippen LogP contribution in [-0.4, -0.2) is 34.0 Å². The zero-order valence-electron chi connectivity index (χ0n) is 11.3. The van der Waals surface area contributed by atoms with Crippen molar-refractivity contribution in [3.8, 4) is 11.3 Å². The van der Waals surface area contributed by atoms with E-state index in [1.165, 1.54) is 0 Å². The summed E-state index contributed by atoms with van der Waals surface area (Å²) < 4.78 is 5.72. The predicted octanol–water partition coefficient (Wildman–Crippen LogP) is 2.90. The van der Waals surface area contributed by atoms with E-state index in [0.29, 0.717) is 36.2 Å². The molecule has 1 atom stereocenters. The average molecular weight is 307 g/mol. The number of hydrogen-bond donors (Lipinski definition) is 1. The number of carboxylic acids is 1. The highest BCUT2D eigenvalue weighted by Crippen LogP contribution is 2.25. The number of nitrogens with zero attached hydrogens (tertiary/aromatic N) is 2. The van der Waals surface area contributed by atoms with E-state index < -0.39 is 5.97 Å². The lowest BCUT2D eigenvalue weighted by molar-refractivity contribution is -0.141. The summed E-state index contributed by atoms with van der Waals surface area (Å²) in [5, 5.41) is 9.65. The third kappa shape index (κ3) is 3.25. The van der Waals surface area contributed by atoms with Crippen molar-refractivity contribution in [3.05, 3.63) is 41.4 Å². The summed E-state index contributed by atoms with van der Waals surface area (Å²) in [6.45, 7) is 1.83. The minimum atomic E-state index is -0.732. The van der Waals surface area contributed by atoms with Gasteiger partial charge in [0, 0.05) is 17.1 Å². The van der Waals surface area contributed by atoms with Crippen LogP contribution in [0.1, 0.15) is 12.3 Å². The monoisotopic (exact) mass is 306 g/mol. The van der Waals surface area contributed by atoms with E-state index in [-0.39, 0.29) is 5.92 Å². The molecule has 0 radical (unpaired) electrons. The highest BCUT2D eigenvalue weighted by molar-refractivity contribution is 6.30. The van der Waals surface area contributed by atoms with Gasteiger partial charge < -0.3 is 9.52 Å². The first-order valence-electron chi connectivity index (χ1n) is 6.77. The number of halogens is 1. The van der Waals surface area contributed by atoms with Gasteiger partial charge >= 0.3 is 5.97 Å². The summed E-state index contributed by atoms with van der Waals surface area (Å²) in [7, 11) is 0. The molecule has 6 heteroatoms. The van der Waals surface area contributed by atoms with Crippen LogP contribution in [-0.2, 0) is 11.3 Å². The molecule has 1 aliphatic rings. The van der Waals surface area contributed by atoms with Gasteiger partial charge in [0.1, 0.15) is 0 Å². The fraction of sp³-hybridized carbons (Fsp3) is 0.333. The Kier molecular flexibility index (Phi) is 3.94. The Morgan fingerprint density at radius 2 is 2.38 bits per heavy atom. The SMILES string of the molecule is O=C(O)[C@H]1CCN(Cc2ncc(-c3cccc(Cl)c3)o2)C1. The van der Waals surface area contributed by atoms with Gasteiger partial charge in [0.2, 0.25) is 5.89 Å². The van der Waals surface area contributed by atoms with E-state index in [0.717, 1.165) is 12.1 Å². The molecule has 21 heavy (non-hydrogen) atoms. The fourth-order valence-electron chi connectivity index (χ4n) is 2.53. The van der Waals surface area contributed by atoms with Gasteiger partial charge in [0.05, 0.1) is 18.7 Å². The van der Waals surface area contributed by atoms with Gasteiger partial charge in [0.25, 0.3) is 0 Å². The van der Waals surface area contributed by atoms with Crippen molar-refractivity contribution in [2.45, 2.75) is 13.0 Å². The summed E-state index contributed by atoms with van der Waals surface area (Å²) in [6, 6.07) is 7.39. The van der Waals surface area contributed by atoms with E-state index in [1.807, 2.05) is 23.1 Å². The van der Waals surface area contributed by atoms with Crippen molar-refractivity contribution in [1.29, 1.82) is 0 Å². The largest absolute Gasteiger partial charge is 0.481 e. The van der Waals surface area contributed by atoms with Crippen LogP contribution in [0.25, 0.3) is 11.3 Å². The van der Waals surface area contributed by atoms with E-state index in [2.05, 4.69) is 4.98 Å². The van der Waals surface area contributed by atoms with Gasteiger partial charge in [-0.15, -0.1) is 0 Å².